The molecule has 3 heterocycles. The third-order valence-electron chi connectivity index (χ3n) is 5.97. The van der Waals surface area contributed by atoms with Crippen LogP contribution in [0, 0.1) is 11.2 Å². The molecule has 9 nitrogen and oxygen atoms in total. The summed E-state index contributed by atoms with van der Waals surface area (Å²) in [5.41, 5.74) is 12.3. The SMILES string of the molecule is NC(=O)Cc1cccc(-c2nc(N)sc2-c2ccnc(NC3CC4(C3)CS(=O)(=O)C4)n2)c1F. The predicted octanol–water partition coefficient (Wildman–Crippen LogP) is 2.01. The fraction of sp³-hybridized carbons (Fsp3) is 0.333. The van der Waals surface area contributed by atoms with Gasteiger partial charge < -0.3 is 16.8 Å². The molecule has 2 aromatic heterocycles. The number of sulfone groups is 1. The summed E-state index contributed by atoms with van der Waals surface area (Å²) in [7, 11) is -2.86. The number of nitrogens with zero attached hydrogens (tertiary/aromatic N) is 3. The van der Waals surface area contributed by atoms with Crippen molar-refractivity contribution in [3.05, 3.63) is 41.8 Å². The number of nitrogens with one attached hydrogen (secondary N) is 1. The molecule has 1 spiro atoms. The summed E-state index contributed by atoms with van der Waals surface area (Å²) in [4.78, 5) is 25.0. The van der Waals surface area contributed by atoms with E-state index in [1.54, 1.807) is 24.4 Å². The Hall–Kier alpha value is -3.12. The number of carbonyl (C=O) groups is 1. The molecule has 1 aliphatic heterocycles. The fourth-order valence-electron chi connectivity index (χ4n) is 4.73. The lowest BCUT2D eigenvalue weighted by Crippen LogP contribution is -2.60. The number of benzene rings is 1. The third kappa shape index (κ3) is 4.15. The number of hydrogen-bond donors (Lipinski definition) is 3. The summed E-state index contributed by atoms with van der Waals surface area (Å²) in [5.74, 6) is -0.305. The van der Waals surface area contributed by atoms with Crippen LogP contribution in [0.1, 0.15) is 18.4 Å². The van der Waals surface area contributed by atoms with Gasteiger partial charge in [0.1, 0.15) is 5.82 Å². The van der Waals surface area contributed by atoms with Crippen molar-refractivity contribution in [2.24, 2.45) is 11.1 Å². The molecule has 0 atom stereocenters. The molecule has 172 valence electrons. The number of hydrogen-bond acceptors (Lipinski definition) is 9. The zero-order valence-corrected chi connectivity index (χ0v) is 19.0. The van der Waals surface area contributed by atoms with Crippen molar-refractivity contribution < 1.29 is 17.6 Å². The van der Waals surface area contributed by atoms with E-state index in [2.05, 4.69) is 20.3 Å². The molecule has 1 aliphatic carbocycles. The van der Waals surface area contributed by atoms with E-state index in [0.717, 1.165) is 12.8 Å². The average Bonchev–Trinajstić information content (AvgIpc) is 3.08. The Morgan fingerprint density at radius 1 is 1.24 bits per heavy atom. The van der Waals surface area contributed by atoms with E-state index in [1.165, 1.54) is 17.4 Å². The van der Waals surface area contributed by atoms with Gasteiger partial charge in [-0.05, 0) is 30.5 Å². The Labute approximate surface area is 193 Å². The first-order valence-corrected chi connectivity index (χ1v) is 12.9. The Bertz CT molecular complexity index is 1350. The molecule has 12 heteroatoms. The van der Waals surface area contributed by atoms with Crippen LogP contribution in [-0.2, 0) is 21.1 Å². The summed E-state index contributed by atoms with van der Waals surface area (Å²) in [6, 6.07) is 6.50. The zero-order chi connectivity index (χ0) is 23.4. The molecule has 1 amide bonds. The van der Waals surface area contributed by atoms with Gasteiger partial charge in [-0.3, -0.25) is 4.79 Å². The topological polar surface area (TPSA) is 154 Å². The molecule has 0 radical (unpaired) electrons. The van der Waals surface area contributed by atoms with E-state index >= 15 is 4.39 Å². The quantitative estimate of drug-likeness (QED) is 0.476. The summed E-state index contributed by atoms with van der Waals surface area (Å²) in [6.45, 7) is 0. The van der Waals surface area contributed by atoms with Crippen LogP contribution in [0.2, 0.25) is 0 Å². The van der Waals surface area contributed by atoms with Gasteiger partial charge in [0.2, 0.25) is 11.9 Å². The summed E-state index contributed by atoms with van der Waals surface area (Å²) >= 11 is 1.17. The maximum atomic E-state index is 15.1. The van der Waals surface area contributed by atoms with Crippen molar-refractivity contribution in [2.75, 3.05) is 22.6 Å². The van der Waals surface area contributed by atoms with Crippen LogP contribution in [0.15, 0.2) is 30.5 Å². The largest absolute Gasteiger partial charge is 0.375 e. The lowest BCUT2D eigenvalue weighted by Gasteiger charge is -2.53. The van der Waals surface area contributed by atoms with Gasteiger partial charge in [-0.15, -0.1) is 0 Å². The van der Waals surface area contributed by atoms with Crippen LogP contribution in [0.5, 0.6) is 0 Å². The number of amides is 1. The van der Waals surface area contributed by atoms with Crippen LogP contribution in [0.25, 0.3) is 21.8 Å². The Morgan fingerprint density at radius 2 is 2.00 bits per heavy atom. The third-order valence-corrected chi connectivity index (χ3v) is 8.99. The molecular weight excluding hydrogens is 467 g/mol. The van der Waals surface area contributed by atoms with Gasteiger partial charge in [0.25, 0.3) is 0 Å². The minimum absolute atomic E-state index is 0.0964. The number of nitrogen functional groups attached to an aromatic ring is 1. The molecule has 2 aliphatic rings. The van der Waals surface area contributed by atoms with E-state index in [4.69, 9.17) is 11.5 Å². The van der Waals surface area contributed by atoms with Gasteiger partial charge in [0.05, 0.1) is 34.2 Å². The molecule has 3 aromatic rings. The molecule has 1 saturated carbocycles. The minimum atomic E-state index is -2.86. The number of carbonyl (C=O) groups excluding carboxylic acids is 1. The van der Waals surface area contributed by atoms with E-state index in [1.807, 2.05) is 0 Å². The Balaban J connectivity index is 1.40. The van der Waals surface area contributed by atoms with Crippen LogP contribution in [0.4, 0.5) is 15.5 Å². The van der Waals surface area contributed by atoms with Gasteiger partial charge in [-0.25, -0.2) is 27.8 Å². The zero-order valence-electron chi connectivity index (χ0n) is 17.4. The molecule has 0 bridgehead atoms. The van der Waals surface area contributed by atoms with Crippen molar-refractivity contribution in [3.63, 3.8) is 0 Å². The number of aromatic nitrogens is 3. The van der Waals surface area contributed by atoms with Crippen LogP contribution in [-0.4, -0.2) is 46.8 Å². The van der Waals surface area contributed by atoms with Crippen LogP contribution < -0.4 is 16.8 Å². The molecule has 1 aromatic carbocycles. The molecule has 33 heavy (non-hydrogen) atoms. The second-order valence-corrected chi connectivity index (χ2v) is 11.8. The number of halogens is 1. The van der Waals surface area contributed by atoms with Crippen molar-refractivity contribution in [1.82, 2.24) is 15.0 Å². The minimum Gasteiger partial charge on any atom is -0.375 e. The molecule has 2 fully saturated rings. The first kappa shape index (κ1) is 21.7. The van der Waals surface area contributed by atoms with Crippen LogP contribution in [0.3, 0.4) is 0 Å². The van der Waals surface area contributed by atoms with Gasteiger partial charge in [0.15, 0.2) is 15.0 Å². The molecule has 5 N–H and O–H groups in total. The van der Waals surface area contributed by atoms with Crippen molar-refractivity contribution >= 4 is 38.2 Å². The highest BCUT2D eigenvalue weighted by molar-refractivity contribution is 7.92. The highest BCUT2D eigenvalue weighted by Crippen LogP contribution is 2.50. The van der Waals surface area contributed by atoms with E-state index < -0.39 is 21.6 Å². The van der Waals surface area contributed by atoms with E-state index in [0.29, 0.717) is 22.2 Å². The lowest BCUT2D eigenvalue weighted by atomic mass is 9.67. The standard InChI is InChI=1S/C21H21FN6O3S2/c22-16-11(6-15(23)29)2-1-3-13(16)17-18(32-19(24)28-17)14-4-5-25-20(27-14)26-12-7-21(8-12)9-33(30,31)10-21/h1-5,12H,6-10H2,(H2,23,29)(H2,24,28)(H,25,26,27). The van der Waals surface area contributed by atoms with Gasteiger partial charge >= 0.3 is 0 Å². The number of primary amides is 1. The monoisotopic (exact) mass is 488 g/mol. The molecule has 1 saturated heterocycles. The maximum absolute atomic E-state index is 15.1. The second kappa shape index (κ2) is 7.73. The highest BCUT2D eigenvalue weighted by atomic mass is 32.2. The van der Waals surface area contributed by atoms with Gasteiger partial charge in [0, 0.05) is 23.2 Å². The van der Waals surface area contributed by atoms with E-state index in [9.17, 15) is 13.2 Å². The van der Waals surface area contributed by atoms with Gasteiger partial charge in [-0.1, -0.05) is 23.5 Å². The van der Waals surface area contributed by atoms with Crippen molar-refractivity contribution in [2.45, 2.75) is 25.3 Å². The predicted molar refractivity (Wildman–Crippen MR) is 124 cm³/mol. The first-order chi connectivity index (χ1) is 15.6. The second-order valence-electron chi connectivity index (χ2n) is 8.70. The Kier molecular flexibility index (Phi) is 5.09. The Morgan fingerprint density at radius 3 is 2.70 bits per heavy atom. The number of rotatable bonds is 6. The highest BCUT2D eigenvalue weighted by Gasteiger charge is 2.56. The number of thiazole rings is 1. The van der Waals surface area contributed by atoms with Crippen molar-refractivity contribution in [3.8, 4) is 21.8 Å². The summed E-state index contributed by atoms with van der Waals surface area (Å²) in [5, 5.41) is 3.51. The maximum Gasteiger partial charge on any atom is 0.223 e. The number of nitrogens with two attached hydrogens (primary N) is 2. The normalized spacial score (nSPS) is 18.5. The summed E-state index contributed by atoms with van der Waals surface area (Å²) in [6.07, 6.45) is 2.89. The fourth-order valence-corrected chi connectivity index (χ4v) is 7.80. The van der Waals surface area contributed by atoms with E-state index in [-0.39, 0.29) is 45.6 Å². The average molecular weight is 489 g/mol. The molecule has 5 rings (SSSR count). The van der Waals surface area contributed by atoms with Gasteiger partial charge in [-0.2, -0.15) is 0 Å². The molecular formula is C21H21FN6O3S2. The molecule has 0 unspecified atom stereocenters. The summed E-state index contributed by atoms with van der Waals surface area (Å²) < 4.78 is 38.1. The van der Waals surface area contributed by atoms with Crippen molar-refractivity contribution in [1.29, 1.82) is 0 Å². The number of anilines is 2. The first-order valence-electron chi connectivity index (χ1n) is 10.3. The lowest BCUT2D eigenvalue weighted by molar-refractivity contribution is -0.117. The van der Waals surface area contributed by atoms with Crippen LogP contribution >= 0.6 is 11.3 Å². The smallest absolute Gasteiger partial charge is 0.223 e.